The molecule has 1 atom stereocenters. The molecule has 1 amide bonds. The molecule has 0 aliphatic carbocycles. The van der Waals surface area contributed by atoms with Gasteiger partial charge in [0.2, 0.25) is 0 Å². The highest BCUT2D eigenvalue weighted by Gasteiger charge is 2.48. The van der Waals surface area contributed by atoms with Crippen molar-refractivity contribution in [3.8, 4) is 22.9 Å². The van der Waals surface area contributed by atoms with Crippen LogP contribution in [-0.4, -0.2) is 106 Å². The van der Waals surface area contributed by atoms with Crippen LogP contribution in [0.2, 0.25) is 5.02 Å². The Labute approximate surface area is 335 Å². The van der Waals surface area contributed by atoms with Crippen molar-refractivity contribution in [3.05, 3.63) is 41.6 Å². The average Bonchev–Trinajstić information content (AvgIpc) is 3.61. The molecule has 6 heterocycles. The average molecular weight is 786 g/mol. The predicted octanol–water partition coefficient (Wildman–Crippen LogP) is 8.74. The van der Waals surface area contributed by atoms with Crippen molar-refractivity contribution in [2.75, 3.05) is 63.9 Å². The molecule has 56 heavy (non-hydrogen) atoms. The Kier molecular flexibility index (Phi) is 10.8. The zero-order valence-corrected chi connectivity index (χ0v) is 34.4. The van der Waals surface area contributed by atoms with Gasteiger partial charge < -0.3 is 33.6 Å². The fourth-order valence-corrected chi connectivity index (χ4v) is 9.19. The highest BCUT2D eigenvalue weighted by atomic mass is 35.5. The number of ether oxygens (including phenoxy) is 4. The summed E-state index contributed by atoms with van der Waals surface area (Å²) >= 11 is 7.17. The second kappa shape index (κ2) is 15.7. The van der Waals surface area contributed by atoms with E-state index in [0.29, 0.717) is 42.0 Å². The highest BCUT2D eigenvalue weighted by Crippen LogP contribution is 2.49. The maximum Gasteiger partial charge on any atom is 0.410 e. The molecule has 2 aromatic carbocycles. The maximum atomic E-state index is 12.8. The Morgan fingerprint density at radius 2 is 1.80 bits per heavy atom. The molecular weight excluding hydrogens is 730 g/mol. The second-order valence-electron chi connectivity index (χ2n) is 16.9. The van der Waals surface area contributed by atoms with Crippen molar-refractivity contribution in [1.29, 1.82) is 0 Å². The van der Waals surface area contributed by atoms with Gasteiger partial charge in [0, 0.05) is 78.2 Å². The summed E-state index contributed by atoms with van der Waals surface area (Å²) in [5, 5.41) is 7.20. The molecule has 1 unspecified atom stereocenters. The zero-order valence-electron chi connectivity index (χ0n) is 33.6. The van der Waals surface area contributed by atoms with Crippen LogP contribution in [0.1, 0.15) is 91.4 Å². The number of nitrogens with zero attached hydrogens (tertiary/aromatic N) is 7. The van der Waals surface area contributed by atoms with Gasteiger partial charge in [-0.05, 0) is 103 Å². The molecule has 4 aliphatic rings. The van der Waals surface area contributed by atoms with E-state index < -0.39 is 5.60 Å². The molecular formula is C43H56ClN7O5. The van der Waals surface area contributed by atoms with E-state index in [1.54, 1.807) is 0 Å². The van der Waals surface area contributed by atoms with Gasteiger partial charge in [-0.15, -0.1) is 0 Å². The number of amides is 1. The Hall–Kier alpha value is -4.13. The normalized spacial score (nSPS) is 20.7. The molecule has 1 spiro atoms. The minimum absolute atomic E-state index is 0.0139. The number of anilines is 1. The Morgan fingerprint density at radius 1 is 1.04 bits per heavy atom. The number of fused-ring (bicyclic) bond motifs is 2. The smallest absolute Gasteiger partial charge is 0.410 e. The van der Waals surface area contributed by atoms with E-state index in [1.807, 2.05) is 61.7 Å². The number of aromatic nitrogens is 4. The van der Waals surface area contributed by atoms with Crippen LogP contribution in [0.15, 0.2) is 31.0 Å². The van der Waals surface area contributed by atoms with Gasteiger partial charge in [0.1, 0.15) is 23.0 Å². The molecule has 4 fully saturated rings. The molecule has 300 valence electrons. The molecule has 2 aromatic heterocycles. The Morgan fingerprint density at radius 3 is 2.46 bits per heavy atom. The van der Waals surface area contributed by atoms with Gasteiger partial charge in [-0.2, -0.15) is 15.1 Å². The molecule has 4 aliphatic heterocycles. The van der Waals surface area contributed by atoms with Crippen molar-refractivity contribution in [1.82, 2.24) is 29.5 Å². The first-order chi connectivity index (χ1) is 27.0. The van der Waals surface area contributed by atoms with Gasteiger partial charge in [-0.25, -0.2) is 9.48 Å². The van der Waals surface area contributed by atoms with Crippen molar-refractivity contribution in [2.45, 2.75) is 97.5 Å². The monoisotopic (exact) mass is 785 g/mol. The summed E-state index contributed by atoms with van der Waals surface area (Å²) in [6.07, 6.45) is 10.2. The van der Waals surface area contributed by atoms with Crippen LogP contribution < -0.4 is 14.4 Å². The van der Waals surface area contributed by atoms with Crippen LogP contribution in [0.3, 0.4) is 0 Å². The number of carbonyl (C=O) groups excluding carboxylic acids is 1. The number of piperidine rings is 2. The first-order valence-electron chi connectivity index (χ1n) is 20.5. The lowest BCUT2D eigenvalue weighted by molar-refractivity contribution is -0.0434. The largest absolute Gasteiger partial charge is 0.491 e. The molecule has 13 heteroatoms. The third kappa shape index (κ3) is 7.52. The Balaban J connectivity index is 1.20. The van der Waals surface area contributed by atoms with Crippen LogP contribution >= 0.6 is 11.6 Å². The van der Waals surface area contributed by atoms with Crippen molar-refractivity contribution < 1.29 is 23.7 Å². The third-order valence-corrected chi connectivity index (χ3v) is 12.2. The lowest BCUT2D eigenvalue weighted by Gasteiger charge is -2.53. The Bertz CT molecular complexity index is 2080. The van der Waals surface area contributed by atoms with Gasteiger partial charge in [0.05, 0.1) is 18.3 Å². The number of likely N-dealkylation sites (tertiary alicyclic amines) is 2. The number of benzene rings is 2. The minimum Gasteiger partial charge on any atom is -0.491 e. The van der Waals surface area contributed by atoms with Crippen LogP contribution in [0, 0.1) is 5.41 Å². The van der Waals surface area contributed by atoms with Gasteiger partial charge in [0.25, 0.3) is 0 Å². The minimum atomic E-state index is -0.516. The molecule has 0 saturated carbocycles. The van der Waals surface area contributed by atoms with Crippen molar-refractivity contribution >= 4 is 51.4 Å². The number of hydrogen-bond acceptors (Lipinski definition) is 10. The van der Waals surface area contributed by atoms with Crippen LogP contribution in [0.25, 0.3) is 39.0 Å². The van der Waals surface area contributed by atoms with E-state index in [2.05, 4.69) is 29.4 Å². The number of rotatable bonds is 9. The van der Waals surface area contributed by atoms with Crippen molar-refractivity contribution in [2.24, 2.45) is 5.41 Å². The van der Waals surface area contributed by atoms with Crippen LogP contribution in [-0.2, 0) is 9.47 Å². The standard InChI is InChI=1S/C43H56ClN7O5/c1-7-28-24-30-37(38(53-9-3)35(28)36-31-25-45-51(33(31)14-13-32(36)44)34-12-10-11-23-54-34)46-40(55-29-15-19-48(8-2)20-16-29)47-39(30)49-21-17-43(18-22-49)26-50(27-43)41(52)56-42(4,5)6/h7,13-14,24-25,29,34H,1,8-12,15-23,26-27H2,2-6H3. The van der Waals surface area contributed by atoms with Crippen LogP contribution in [0.5, 0.6) is 11.8 Å². The summed E-state index contributed by atoms with van der Waals surface area (Å²) in [5.74, 6) is 1.43. The number of carbonyl (C=O) groups is 1. The molecule has 4 aromatic rings. The van der Waals surface area contributed by atoms with Gasteiger partial charge in [0.15, 0.2) is 12.0 Å². The fraction of sp³-hybridized carbons (Fsp3) is 0.581. The molecule has 0 radical (unpaired) electrons. The van der Waals surface area contributed by atoms with E-state index in [0.717, 1.165) is 123 Å². The molecule has 8 rings (SSSR count). The topological polar surface area (TPSA) is 107 Å². The first-order valence-corrected chi connectivity index (χ1v) is 20.9. The van der Waals surface area contributed by atoms with E-state index in [9.17, 15) is 4.79 Å². The summed E-state index contributed by atoms with van der Waals surface area (Å²) in [6.45, 7) is 21.3. The van der Waals surface area contributed by atoms with Gasteiger partial charge in [-0.1, -0.05) is 31.2 Å². The van der Waals surface area contributed by atoms with E-state index in [-0.39, 0.29) is 23.8 Å². The second-order valence-corrected chi connectivity index (χ2v) is 17.3. The SMILES string of the molecule is C=Cc1cc2c(N3CCC4(CC3)CN(C(=O)OC(C)(C)C)C4)nc(OC3CCN(CC)CC3)nc2c(OCC)c1-c1c(Cl)ccc2c1cnn2C1CCCCO1. The third-order valence-electron chi connectivity index (χ3n) is 11.9. The van der Waals surface area contributed by atoms with E-state index in [4.69, 9.17) is 45.6 Å². The summed E-state index contributed by atoms with van der Waals surface area (Å²) in [7, 11) is 0. The maximum absolute atomic E-state index is 12.8. The summed E-state index contributed by atoms with van der Waals surface area (Å²) < 4.78 is 27.1. The van der Waals surface area contributed by atoms with Gasteiger partial charge in [-0.3, -0.25) is 0 Å². The zero-order chi connectivity index (χ0) is 39.2. The predicted molar refractivity (Wildman–Crippen MR) is 221 cm³/mol. The van der Waals surface area contributed by atoms with Crippen LogP contribution in [0.4, 0.5) is 10.6 Å². The quantitative estimate of drug-likeness (QED) is 0.164. The van der Waals surface area contributed by atoms with Gasteiger partial charge >= 0.3 is 12.1 Å². The number of halogens is 1. The summed E-state index contributed by atoms with van der Waals surface area (Å²) in [4.78, 5) is 29.8. The molecule has 12 nitrogen and oxygen atoms in total. The van der Waals surface area contributed by atoms with E-state index >= 15 is 0 Å². The highest BCUT2D eigenvalue weighted by molar-refractivity contribution is 6.35. The summed E-state index contributed by atoms with van der Waals surface area (Å²) in [5.41, 5.74) is 3.68. The summed E-state index contributed by atoms with van der Waals surface area (Å²) in [6, 6.07) is 6.44. The lowest BCUT2D eigenvalue weighted by atomic mass is 9.72. The number of hydrogen-bond donors (Lipinski definition) is 0. The molecule has 0 N–H and O–H groups in total. The molecule has 0 bridgehead atoms. The lowest BCUT2D eigenvalue weighted by Crippen LogP contribution is -2.62. The van der Waals surface area contributed by atoms with Crippen molar-refractivity contribution in [3.63, 3.8) is 0 Å². The first kappa shape index (κ1) is 38.7. The van der Waals surface area contributed by atoms with E-state index in [1.165, 1.54) is 0 Å². The fourth-order valence-electron chi connectivity index (χ4n) is 8.93. The molecule has 4 saturated heterocycles.